The topological polar surface area (TPSA) is 81.3 Å². The summed E-state index contributed by atoms with van der Waals surface area (Å²) in [6, 6.07) is 14.1. The monoisotopic (exact) mass is 310 g/mol. The molecule has 0 atom stereocenters. The number of hydrogen-bond donors (Lipinski definition) is 1. The van der Waals surface area contributed by atoms with E-state index in [1.807, 2.05) is 6.07 Å². The Morgan fingerprint density at radius 3 is 2.83 bits per heavy atom. The van der Waals surface area contributed by atoms with Gasteiger partial charge in [-0.3, -0.25) is 4.79 Å². The van der Waals surface area contributed by atoms with Crippen LogP contribution in [0.1, 0.15) is 0 Å². The van der Waals surface area contributed by atoms with Gasteiger partial charge in [0.25, 0.3) is 5.56 Å². The fraction of sp³-hybridized carbons (Fsp3) is 0.118. The number of benzene rings is 2. The number of nitrogens with zero attached hydrogens (tertiary/aromatic N) is 1. The number of para-hydroxylation sites is 1. The molecule has 1 heterocycles. The van der Waals surface area contributed by atoms with E-state index in [1.54, 1.807) is 42.5 Å². The van der Waals surface area contributed by atoms with Gasteiger partial charge in [0.15, 0.2) is 6.61 Å². The lowest BCUT2D eigenvalue weighted by Crippen LogP contribution is -2.12. The number of aromatic nitrogens is 2. The summed E-state index contributed by atoms with van der Waals surface area (Å²) < 4.78 is 9.87. The van der Waals surface area contributed by atoms with Crippen LogP contribution in [0.5, 0.6) is 5.75 Å². The minimum absolute atomic E-state index is 0.179. The van der Waals surface area contributed by atoms with Gasteiger partial charge in [-0.1, -0.05) is 24.3 Å². The molecule has 0 bridgehead atoms. The van der Waals surface area contributed by atoms with E-state index in [0.717, 1.165) is 0 Å². The molecule has 1 aromatic heterocycles. The lowest BCUT2D eigenvalue weighted by molar-refractivity contribution is -0.142. The molecule has 23 heavy (non-hydrogen) atoms. The highest BCUT2D eigenvalue weighted by molar-refractivity contribution is 5.79. The van der Waals surface area contributed by atoms with Crippen LogP contribution in [0.2, 0.25) is 0 Å². The third kappa shape index (κ3) is 3.21. The van der Waals surface area contributed by atoms with Gasteiger partial charge in [-0.2, -0.15) is 0 Å². The molecule has 1 N–H and O–H groups in total. The highest BCUT2D eigenvalue weighted by Crippen LogP contribution is 2.21. The number of ether oxygens (including phenoxy) is 2. The maximum absolute atomic E-state index is 12.1. The van der Waals surface area contributed by atoms with Crippen LogP contribution in [0.4, 0.5) is 0 Å². The highest BCUT2D eigenvalue weighted by atomic mass is 16.6. The maximum Gasteiger partial charge on any atom is 0.343 e. The number of methoxy groups -OCH3 is 1. The summed E-state index contributed by atoms with van der Waals surface area (Å²) in [5, 5.41) is 0.536. The van der Waals surface area contributed by atoms with Gasteiger partial charge < -0.3 is 14.5 Å². The van der Waals surface area contributed by atoms with Crippen molar-refractivity contribution in [3.63, 3.8) is 0 Å². The quantitative estimate of drug-likeness (QED) is 0.747. The van der Waals surface area contributed by atoms with E-state index in [4.69, 9.17) is 4.74 Å². The van der Waals surface area contributed by atoms with Crippen LogP contribution in [0.3, 0.4) is 0 Å². The van der Waals surface area contributed by atoms with Crippen LogP contribution in [0.15, 0.2) is 53.3 Å². The van der Waals surface area contributed by atoms with E-state index in [1.165, 1.54) is 7.11 Å². The molecule has 0 radical (unpaired) electrons. The van der Waals surface area contributed by atoms with Crippen LogP contribution in [0, 0.1) is 0 Å². The van der Waals surface area contributed by atoms with E-state index < -0.39 is 5.97 Å². The van der Waals surface area contributed by atoms with Crippen molar-refractivity contribution < 1.29 is 14.3 Å². The van der Waals surface area contributed by atoms with Gasteiger partial charge in [-0.15, -0.1) is 0 Å². The summed E-state index contributed by atoms with van der Waals surface area (Å²) in [4.78, 5) is 30.5. The van der Waals surface area contributed by atoms with Crippen molar-refractivity contribution >= 4 is 16.9 Å². The maximum atomic E-state index is 12.1. The number of carbonyl (C=O) groups is 1. The molecule has 6 heteroatoms. The van der Waals surface area contributed by atoms with Gasteiger partial charge >= 0.3 is 5.97 Å². The van der Waals surface area contributed by atoms with Gasteiger partial charge in [-0.05, 0) is 24.3 Å². The summed E-state index contributed by atoms with van der Waals surface area (Å²) >= 11 is 0. The lowest BCUT2D eigenvalue weighted by atomic mass is 10.2. The van der Waals surface area contributed by atoms with E-state index in [0.29, 0.717) is 28.0 Å². The third-order valence-corrected chi connectivity index (χ3v) is 3.30. The second kappa shape index (κ2) is 6.31. The SMILES string of the molecule is COC(=O)COc1cccc(-c2nc3ccccc3c(=O)[nH]2)c1. The van der Waals surface area contributed by atoms with Crippen LogP contribution >= 0.6 is 0 Å². The molecule has 116 valence electrons. The Morgan fingerprint density at radius 1 is 1.17 bits per heavy atom. The molecule has 2 aromatic carbocycles. The van der Waals surface area contributed by atoms with Crippen molar-refractivity contribution in [2.24, 2.45) is 0 Å². The zero-order chi connectivity index (χ0) is 16.2. The molecule has 0 amide bonds. The molecular formula is C17H14N2O4. The molecule has 0 aliphatic heterocycles. The van der Waals surface area contributed by atoms with E-state index in [-0.39, 0.29) is 12.2 Å². The van der Waals surface area contributed by atoms with Crippen LogP contribution in [-0.4, -0.2) is 29.7 Å². The molecule has 0 saturated heterocycles. The van der Waals surface area contributed by atoms with Crippen molar-refractivity contribution in [3.05, 3.63) is 58.9 Å². The van der Waals surface area contributed by atoms with Crippen molar-refractivity contribution in [2.45, 2.75) is 0 Å². The fourth-order valence-corrected chi connectivity index (χ4v) is 2.16. The summed E-state index contributed by atoms with van der Waals surface area (Å²) in [7, 11) is 1.30. The lowest BCUT2D eigenvalue weighted by Gasteiger charge is -2.07. The molecule has 0 unspecified atom stereocenters. The molecule has 0 aliphatic rings. The molecule has 3 rings (SSSR count). The number of H-pyrrole nitrogens is 1. The normalized spacial score (nSPS) is 10.5. The fourth-order valence-electron chi connectivity index (χ4n) is 2.16. The van der Waals surface area contributed by atoms with Crippen LogP contribution in [-0.2, 0) is 9.53 Å². The Kier molecular flexibility index (Phi) is 4.05. The van der Waals surface area contributed by atoms with Crippen LogP contribution in [0.25, 0.3) is 22.3 Å². The Labute approximate surface area is 131 Å². The minimum atomic E-state index is -0.465. The Bertz CT molecular complexity index is 918. The van der Waals surface area contributed by atoms with Gasteiger partial charge in [-0.25, -0.2) is 9.78 Å². The van der Waals surface area contributed by atoms with Gasteiger partial charge in [0.05, 0.1) is 18.0 Å². The predicted octanol–water partition coefficient (Wildman–Crippen LogP) is 2.14. The molecule has 0 spiro atoms. The van der Waals surface area contributed by atoms with Crippen molar-refractivity contribution in [1.82, 2.24) is 9.97 Å². The largest absolute Gasteiger partial charge is 0.482 e. The zero-order valence-corrected chi connectivity index (χ0v) is 12.4. The van der Waals surface area contributed by atoms with Gasteiger partial charge in [0, 0.05) is 5.56 Å². The third-order valence-electron chi connectivity index (χ3n) is 3.30. The number of carbonyl (C=O) groups excluding carboxylic acids is 1. The van der Waals surface area contributed by atoms with Gasteiger partial charge in [0.2, 0.25) is 0 Å². The number of hydrogen-bond acceptors (Lipinski definition) is 5. The molecule has 0 aliphatic carbocycles. The van der Waals surface area contributed by atoms with E-state index >= 15 is 0 Å². The minimum Gasteiger partial charge on any atom is -0.482 e. The molecule has 3 aromatic rings. The van der Waals surface area contributed by atoms with Crippen molar-refractivity contribution in [3.8, 4) is 17.1 Å². The molecular weight excluding hydrogens is 296 g/mol. The molecule has 0 saturated carbocycles. The van der Waals surface area contributed by atoms with Crippen molar-refractivity contribution in [1.29, 1.82) is 0 Å². The first kappa shape index (κ1) is 14.8. The average molecular weight is 310 g/mol. The average Bonchev–Trinajstić information content (AvgIpc) is 2.60. The summed E-state index contributed by atoms with van der Waals surface area (Å²) in [5.74, 6) is 0.466. The first-order valence-electron chi connectivity index (χ1n) is 6.96. The first-order valence-corrected chi connectivity index (χ1v) is 6.96. The number of aromatic amines is 1. The second-order valence-electron chi connectivity index (χ2n) is 4.82. The van der Waals surface area contributed by atoms with E-state index in [2.05, 4.69) is 14.7 Å². The van der Waals surface area contributed by atoms with Crippen molar-refractivity contribution in [2.75, 3.05) is 13.7 Å². The second-order valence-corrected chi connectivity index (χ2v) is 4.82. The summed E-state index contributed by atoms with van der Waals surface area (Å²) in [6.45, 7) is -0.179. The Hall–Kier alpha value is -3.15. The predicted molar refractivity (Wildman–Crippen MR) is 85.3 cm³/mol. The van der Waals surface area contributed by atoms with E-state index in [9.17, 15) is 9.59 Å². The molecule has 6 nitrogen and oxygen atoms in total. The Morgan fingerprint density at radius 2 is 2.00 bits per heavy atom. The standard InChI is InChI=1S/C17H14N2O4/c1-22-15(20)10-23-12-6-4-5-11(9-12)16-18-14-8-3-2-7-13(14)17(21)19-16/h2-9H,10H2,1H3,(H,18,19,21). The molecule has 0 fully saturated rings. The smallest absolute Gasteiger partial charge is 0.343 e. The Balaban J connectivity index is 1.95. The first-order chi connectivity index (χ1) is 11.2. The van der Waals surface area contributed by atoms with Crippen LogP contribution < -0.4 is 10.3 Å². The summed E-state index contributed by atoms with van der Waals surface area (Å²) in [5.41, 5.74) is 1.11. The number of rotatable bonds is 4. The highest BCUT2D eigenvalue weighted by Gasteiger charge is 2.07. The van der Waals surface area contributed by atoms with Gasteiger partial charge in [0.1, 0.15) is 11.6 Å². The number of fused-ring (bicyclic) bond motifs is 1. The number of nitrogens with one attached hydrogen (secondary N) is 1. The zero-order valence-electron chi connectivity index (χ0n) is 12.4. The number of esters is 1. The summed E-state index contributed by atoms with van der Waals surface area (Å²) in [6.07, 6.45) is 0.